The van der Waals surface area contributed by atoms with Crippen LogP contribution in [0.3, 0.4) is 0 Å². The van der Waals surface area contributed by atoms with E-state index in [4.69, 9.17) is 9.47 Å². The highest BCUT2D eigenvalue weighted by molar-refractivity contribution is 5.79. The SMILES string of the molecule is CN=C(NCCCOC1CCCCC1)NCc1ccnc(OC)c1. The van der Waals surface area contributed by atoms with E-state index in [0.29, 0.717) is 18.5 Å². The number of methoxy groups -OCH3 is 1. The Balaban J connectivity index is 1.59. The Bertz CT molecular complexity index is 502. The predicted molar refractivity (Wildman–Crippen MR) is 96.4 cm³/mol. The van der Waals surface area contributed by atoms with E-state index in [1.165, 1.54) is 32.1 Å². The molecule has 6 nitrogen and oxygen atoms in total. The van der Waals surface area contributed by atoms with Gasteiger partial charge in [0.15, 0.2) is 5.96 Å². The first-order chi connectivity index (χ1) is 11.8. The van der Waals surface area contributed by atoms with E-state index in [0.717, 1.165) is 31.1 Å². The summed E-state index contributed by atoms with van der Waals surface area (Å²) in [4.78, 5) is 8.34. The molecule has 1 aromatic heterocycles. The molecule has 0 atom stereocenters. The highest BCUT2D eigenvalue weighted by atomic mass is 16.5. The van der Waals surface area contributed by atoms with Crippen LogP contribution in [-0.4, -0.2) is 44.4 Å². The summed E-state index contributed by atoms with van der Waals surface area (Å²) < 4.78 is 11.1. The molecule has 0 unspecified atom stereocenters. The molecule has 0 radical (unpaired) electrons. The van der Waals surface area contributed by atoms with Gasteiger partial charge in [0.05, 0.1) is 13.2 Å². The maximum absolute atomic E-state index is 5.93. The van der Waals surface area contributed by atoms with Gasteiger partial charge in [0.2, 0.25) is 5.88 Å². The van der Waals surface area contributed by atoms with Crippen molar-refractivity contribution in [2.45, 2.75) is 51.2 Å². The molecule has 1 saturated carbocycles. The molecular formula is C18H30N4O2. The fourth-order valence-electron chi connectivity index (χ4n) is 2.84. The summed E-state index contributed by atoms with van der Waals surface area (Å²) in [7, 11) is 3.40. The van der Waals surface area contributed by atoms with E-state index in [1.807, 2.05) is 12.1 Å². The molecule has 1 fully saturated rings. The molecule has 2 N–H and O–H groups in total. The predicted octanol–water partition coefficient (Wildman–Crippen LogP) is 2.49. The quantitative estimate of drug-likeness (QED) is 0.434. The topological polar surface area (TPSA) is 67.8 Å². The Morgan fingerprint density at radius 2 is 2.12 bits per heavy atom. The first kappa shape index (κ1) is 18.5. The third-order valence-corrected chi connectivity index (χ3v) is 4.21. The van der Waals surface area contributed by atoms with Gasteiger partial charge >= 0.3 is 0 Å². The number of hydrogen-bond acceptors (Lipinski definition) is 4. The van der Waals surface area contributed by atoms with Crippen molar-refractivity contribution in [1.29, 1.82) is 0 Å². The molecule has 6 heteroatoms. The first-order valence-electron chi connectivity index (χ1n) is 8.87. The summed E-state index contributed by atoms with van der Waals surface area (Å²) >= 11 is 0. The summed E-state index contributed by atoms with van der Waals surface area (Å²) in [6, 6.07) is 3.87. The third kappa shape index (κ3) is 6.74. The lowest BCUT2D eigenvalue weighted by atomic mass is 9.98. The molecular weight excluding hydrogens is 304 g/mol. The van der Waals surface area contributed by atoms with Crippen LogP contribution in [0.15, 0.2) is 23.3 Å². The van der Waals surface area contributed by atoms with Gasteiger partial charge in [0, 0.05) is 39.0 Å². The highest BCUT2D eigenvalue weighted by Gasteiger charge is 2.12. The van der Waals surface area contributed by atoms with Crippen LogP contribution in [0.1, 0.15) is 44.1 Å². The minimum atomic E-state index is 0.484. The molecule has 0 spiro atoms. The summed E-state index contributed by atoms with van der Waals surface area (Å²) in [5, 5.41) is 6.61. The zero-order valence-electron chi connectivity index (χ0n) is 14.9. The molecule has 1 aliphatic carbocycles. The molecule has 0 aliphatic heterocycles. The van der Waals surface area contributed by atoms with Gasteiger partial charge in [-0.05, 0) is 30.9 Å². The van der Waals surface area contributed by atoms with Crippen LogP contribution in [0.4, 0.5) is 0 Å². The van der Waals surface area contributed by atoms with Crippen LogP contribution in [0.25, 0.3) is 0 Å². The molecule has 24 heavy (non-hydrogen) atoms. The molecule has 0 bridgehead atoms. The first-order valence-corrected chi connectivity index (χ1v) is 8.87. The van der Waals surface area contributed by atoms with E-state index in [2.05, 4.69) is 20.6 Å². The van der Waals surface area contributed by atoms with Crippen LogP contribution < -0.4 is 15.4 Å². The molecule has 134 valence electrons. The molecule has 1 aliphatic rings. The molecule has 0 saturated heterocycles. The number of hydrogen-bond donors (Lipinski definition) is 2. The molecule has 2 rings (SSSR count). The van der Waals surface area contributed by atoms with E-state index >= 15 is 0 Å². The lowest BCUT2D eigenvalue weighted by Crippen LogP contribution is -2.37. The minimum Gasteiger partial charge on any atom is -0.481 e. The van der Waals surface area contributed by atoms with Crippen molar-refractivity contribution in [3.63, 3.8) is 0 Å². The van der Waals surface area contributed by atoms with Crippen molar-refractivity contribution < 1.29 is 9.47 Å². The van der Waals surface area contributed by atoms with Crippen molar-refractivity contribution in [3.05, 3.63) is 23.9 Å². The third-order valence-electron chi connectivity index (χ3n) is 4.21. The van der Waals surface area contributed by atoms with Gasteiger partial charge in [-0.1, -0.05) is 19.3 Å². The van der Waals surface area contributed by atoms with Crippen molar-refractivity contribution in [3.8, 4) is 5.88 Å². The smallest absolute Gasteiger partial charge is 0.213 e. The molecule has 0 amide bonds. The van der Waals surface area contributed by atoms with Gasteiger partial charge in [-0.2, -0.15) is 0 Å². The Kier molecular flexibility index (Phi) is 8.38. The second-order valence-corrected chi connectivity index (χ2v) is 6.04. The zero-order valence-corrected chi connectivity index (χ0v) is 14.9. The highest BCUT2D eigenvalue weighted by Crippen LogP contribution is 2.20. The normalized spacial score (nSPS) is 16.0. The van der Waals surface area contributed by atoms with Gasteiger partial charge in [0.1, 0.15) is 0 Å². The lowest BCUT2D eigenvalue weighted by Gasteiger charge is -2.22. The summed E-state index contributed by atoms with van der Waals surface area (Å²) in [5.74, 6) is 1.42. The van der Waals surface area contributed by atoms with Crippen LogP contribution in [0, 0.1) is 0 Å². The number of pyridine rings is 1. The number of aliphatic imine (C=N–C) groups is 1. The van der Waals surface area contributed by atoms with E-state index in [9.17, 15) is 0 Å². The number of guanidine groups is 1. The minimum absolute atomic E-state index is 0.484. The van der Waals surface area contributed by atoms with Gasteiger partial charge in [-0.3, -0.25) is 4.99 Å². The number of nitrogens with one attached hydrogen (secondary N) is 2. The van der Waals surface area contributed by atoms with E-state index in [1.54, 1.807) is 20.4 Å². The van der Waals surface area contributed by atoms with E-state index in [-0.39, 0.29) is 0 Å². The Hall–Kier alpha value is -1.82. The van der Waals surface area contributed by atoms with Crippen LogP contribution in [0.5, 0.6) is 5.88 Å². The average molecular weight is 334 g/mol. The Morgan fingerprint density at radius 3 is 2.88 bits per heavy atom. The van der Waals surface area contributed by atoms with Crippen molar-refractivity contribution in [1.82, 2.24) is 15.6 Å². The number of rotatable bonds is 8. The average Bonchev–Trinajstić information content (AvgIpc) is 2.65. The van der Waals surface area contributed by atoms with Crippen molar-refractivity contribution in [2.75, 3.05) is 27.3 Å². The maximum Gasteiger partial charge on any atom is 0.213 e. The second-order valence-electron chi connectivity index (χ2n) is 6.04. The number of nitrogens with zero attached hydrogens (tertiary/aromatic N) is 2. The number of aromatic nitrogens is 1. The van der Waals surface area contributed by atoms with Crippen molar-refractivity contribution >= 4 is 5.96 Å². The molecule has 1 aromatic rings. The summed E-state index contributed by atoms with van der Waals surface area (Å²) in [6.45, 7) is 2.35. The summed E-state index contributed by atoms with van der Waals surface area (Å²) in [5.41, 5.74) is 1.10. The van der Waals surface area contributed by atoms with Gasteiger partial charge in [0.25, 0.3) is 0 Å². The van der Waals surface area contributed by atoms with Crippen LogP contribution in [0.2, 0.25) is 0 Å². The Morgan fingerprint density at radius 1 is 1.29 bits per heavy atom. The van der Waals surface area contributed by atoms with Gasteiger partial charge < -0.3 is 20.1 Å². The zero-order chi connectivity index (χ0) is 17.0. The fraction of sp³-hybridized carbons (Fsp3) is 0.667. The second kappa shape index (κ2) is 10.9. The van der Waals surface area contributed by atoms with Gasteiger partial charge in [-0.25, -0.2) is 4.98 Å². The monoisotopic (exact) mass is 334 g/mol. The fourth-order valence-corrected chi connectivity index (χ4v) is 2.84. The van der Waals surface area contributed by atoms with Crippen LogP contribution >= 0.6 is 0 Å². The van der Waals surface area contributed by atoms with E-state index < -0.39 is 0 Å². The Labute approximate surface area is 145 Å². The van der Waals surface area contributed by atoms with Crippen molar-refractivity contribution in [2.24, 2.45) is 4.99 Å². The van der Waals surface area contributed by atoms with Crippen LogP contribution in [-0.2, 0) is 11.3 Å². The lowest BCUT2D eigenvalue weighted by molar-refractivity contribution is 0.0277. The van der Waals surface area contributed by atoms with Gasteiger partial charge in [-0.15, -0.1) is 0 Å². The molecule has 1 heterocycles. The summed E-state index contributed by atoms with van der Waals surface area (Å²) in [6.07, 6.45) is 9.68. The largest absolute Gasteiger partial charge is 0.481 e. The standard InChI is InChI=1S/C18H30N4O2/c1-19-18(22-14-15-9-11-20-17(13-15)23-2)21-10-6-12-24-16-7-4-3-5-8-16/h9,11,13,16H,3-8,10,12,14H2,1-2H3,(H2,19,21,22). The molecule has 0 aromatic carbocycles. The number of ether oxygens (including phenoxy) is 2. The maximum atomic E-state index is 5.93.